The van der Waals surface area contributed by atoms with E-state index in [1.54, 1.807) is 22.6 Å². The molecule has 8 heteroatoms. The summed E-state index contributed by atoms with van der Waals surface area (Å²) < 4.78 is 74.6. The fourth-order valence-electron chi connectivity index (χ4n) is 1.28. The predicted molar refractivity (Wildman–Crippen MR) is 59.7 cm³/mol. The molecule has 0 aliphatic rings. The summed E-state index contributed by atoms with van der Waals surface area (Å²) in [6.07, 6.45) is -10.3. The van der Waals surface area contributed by atoms with Crippen LogP contribution in [0, 0.1) is 0 Å². The highest BCUT2D eigenvalue weighted by atomic mass is 127. The first-order valence-electron chi connectivity index (χ1n) is 4.45. The third-order valence-corrected chi connectivity index (χ3v) is 2.77. The van der Waals surface area contributed by atoms with Crippen LogP contribution in [0.2, 0.25) is 0 Å². The zero-order valence-corrected chi connectivity index (χ0v) is 10.7. The van der Waals surface area contributed by atoms with Crippen molar-refractivity contribution < 1.29 is 31.1 Å². The summed E-state index contributed by atoms with van der Waals surface area (Å²) >= 11 is 1.62. The standard InChI is InChI=1S/C10H5F6IO/c11-9(12,13)6-2-1-5(8(18)4-17)3-7(6)10(14,15)16/h1-3H,4H2. The minimum Gasteiger partial charge on any atom is -0.293 e. The Morgan fingerprint density at radius 3 is 1.89 bits per heavy atom. The number of ketones is 1. The number of hydrogen-bond acceptors (Lipinski definition) is 1. The number of halogens is 7. The smallest absolute Gasteiger partial charge is 0.293 e. The van der Waals surface area contributed by atoms with Crippen LogP contribution in [0.1, 0.15) is 21.5 Å². The van der Waals surface area contributed by atoms with Gasteiger partial charge in [-0.1, -0.05) is 28.7 Å². The number of hydrogen-bond donors (Lipinski definition) is 0. The first-order chi connectivity index (χ1) is 8.07. The van der Waals surface area contributed by atoms with Crippen molar-refractivity contribution in [1.82, 2.24) is 0 Å². The second-order valence-corrected chi connectivity index (χ2v) is 4.08. The van der Waals surface area contributed by atoms with Crippen molar-refractivity contribution in [2.75, 3.05) is 4.43 Å². The second kappa shape index (κ2) is 5.06. The van der Waals surface area contributed by atoms with Gasteiger partial charge >= 0.3 is 12.4 Å². The lowest BCUT2D eigenvalue weighted by molar-refractivity contribution is -0.162. The number of rotatable bonds is 2. The normalized spacial score (nSPS) is 12.6. The maximum atomic E-state index is 12.5. The van der Waals surface area contributed by atoms with E-state index in [4.69, 9.17) is 0 Å². The SMILES string of the molecule is O=C(CI)c1ccc(C(F)(F)F)c(C(F)(F)F)c1. The average molecular weight is 382 g/mol. The van der Waals surface area contributed by atoms with Crippen LogP contribution in [0.5, 0.6) is 0 Å². The van der Waals surface area contributed by atoms with E-state index in [1.165, 1.54) is 0 Å². The van der Waals surface area contributed by atoms with Gasteiger partial charge in [-0.25, -0.2) is 0 Å². The highest BCUT2D eigenvalue weighted by molar-refractivity contribution is 14.1. The number of Topliss-reactive ketones (excluding diaryl/α,β-unsaturated/α-hetero) is 1. The molecule has 0 bridgehead atoms. The van der Waals surface area contributed by atoms with Gasteiger partial charge in [0.2, 0.25) is 0 Å². The number of carbonyl (C=O) groups excluding carboxylic acids is 1. The molecule has 1 nitrogen and oxygen atoms in total. The molecule has 0 aliphatic carbocycles. The maximum absolute atomic E-state index is 12.5. The fourth-order valence-corrected chi connectivity index (χ4v) is 1.72. The van der Waals surface area contributed by atoms with Crippen molar-refractivity contribution in [3.63, 3.8) is 0 Å². The Balaban J connectivity index is 3.45. The van der Waals surface area contributed by atoms with Crippen molar-refractivity contribution >= 4 is 28.4 Å². The van der Waals surface area contributed by atoms with Crippen LogP contribution in [-0.4, -0.2) is 10.2 Å². The lowest BCUT2D eigenvalue weighted by Gasteiger charge is -2.16. The topological polar surface area (TPSA) is 17.1 Å². The summed E-state index contributed by atoms with van der Waals surface area (Å²) in [6, 6.07) is 1.27. The summed E-state index contributed by atoms with van der Waals surface area (Å²) in [5.41, 5.74) is -4.02. The second-order valence-electron chi connectivity index (χ2n) is 3.31. The first kappa shape index (κ1) is 15.3. The lowest BCUT2D eigenvalue weighted by Crippen LogP contribution is -2.17. The van der Waals surface area contributed by atoms with Crippen LogP contribution in [0.4, 0.5) is 26.3 Å². The molecule has 100 valence electrons. The van der Waals surface area contributed by atoms with Crippen molar-refractivity contribution in [2.24, 2.45) is 0 Å². The summed E-state index contributed by atoms with van der Waals surface area (Å²) in [5.74, 6) is -0.658. The molecule has 0 saturated heterocycles. The molecule has 0 spiro atoms. The summed E-state index contributed by atoms with van der Waals surface area (Å²) in [4.78, 5) is 11.2. The van der Waals surface area contributed by atoms with Gasteiger partial charge in [-0.15, -0.1) is 0 Å². The van der Waals surface area contributed by atoms with Crippen molar-refractivity contribution in [1.29, 1.82) is 0 Å². The average Bonchev–Trinajstić information content (AvgIpc) is 2.24. The zero-order valence-electron chi connectivity index (χ0n) is 8.49. The number of benzene rings is 1. The molecule has 0 fully saturated rings. The largest absolute Gasteiger partial charge is 0.417 e. The van der Waals surface area contributed by atoms with Gasteiger partial charge in [-0.3, -0.25) is 4.79 Å². The third-order valence-electron chi connectivity index (χ3n) is 2.07. The molecule has 0 aliphatic heterocycles. The summed E-state index contributed by atoms with van der Waals surface area (Å²) in [7, 11) is 0. The molecule has 0 saturated carbocycles. The molecular weight excluding hydrogens is 377 g/mol. The van der Waals surface area contributed by atoms with E-state index in [9.17, 15) is 31.1 Å². The van der Waals surface area contributed by atoms with Gasteiger partial charge < -0.3 is 0 Å². The van der Waals surface area contributed by atoms with Crippen molar-refractivity contribution in [3.8, 4) is 0 Å². The molecule has 0 N–H and O–H groups in total. The van der Waals surface area contributed by atoms with Crippen molar-refractivity contribution in [3.05, 3.63) is 34.9 Å². The van der Waals surface area contributed by atoms with Crippen LogP contribution >= 0.6 is 22.6 Å². The number of carbonyl (C=O) groups is 1. The minimum atomic E-state index is -5.16. The Hall–Kier alpha value is -0.800. The van der Waals surface area contributed by atoms with Gasteiger partial charge in [-0.05, 0) is 12.1 Å². The summed E-state index contributed by atoms with van der Waals surface area (Å²) in [5, 5.41) is 0. The molecule has 0 heterocycles. The minimum absolute atomic E-state index is 0.111. The van der Waals surface area contributed by atoms with Crippen LogP contribution in [0.25, 0.3) is 0 Å². The molecule has 1 aromatic rings. The molecule has 0 amide bonds. The number of alkyl halides is 7. The van der Waals surface area contributed by atoms with Crippen molar-refractivity contribution in [2.45, 2.75) is 12.4 Å². The van der Waals surface area contributed by atoms with E-state index in [0.29, 0.717) is 0 Å². The van der Waals surface area contributed by atoms with Gasteiger partial charge in [0.25, 0.3) is 0 Å². The van der Waals surface area contributed by atoms with E-state index in [2.05, 4.69) is 0 Å². The quantitative estimate of drug-likeness (QED) is 0.322. The maximum Gasteiger partial charge on any atom is 0.417 e. The van der Waals surface area contributed by atoms with Gasteiger partial charge in [-0.2, -0.15) is 26.3 Å². The Labute approximate surface area is 111 Å². The van der Waals surface area contributed by atoms with E-state index >= 15 is 0 Å². The Morgan fingerprint density at radius 1 is 1.00 bits per heavy atom. The van der Waals surface area contributed by atoms with Gasteiger partial charge in [0.15, 0.2) is 5.78 Å². The molecule has 18 heavy (non-hydrogen) atoms. The monoisotopic (exact) mass is 382 g/mol. The molecule has 0 unspecified atom stereocenters. The van der Waals surface area contributed by atoms with Gasteiger partial charge in [0, 0.05) is 5.56 Å². The molecule has 0 atom stereocenters. The Morgan fingerprint density at radius 2 is 1.50 bits per heavy atom. The van der Waals surface area contributed by atoms with E-state index < -0.39 is 29.3 Å². The van der Waals surface area contributed by atoms with E-state index in [0.717, 1.165) is 6.07 Å². The van der Waals surface area contributed by atoms with Crippen LogP contribution in [0.15, 0.2) is 18.2 Å². The Kier molecular flexibility index (Phi) is 4.29. The van der Waals surface area contributed by atoms with Crippen LogP contribution < -0.4 is 0 Å². The van der Waals surface area contributed by atoms with E-state index in [1.807, 2.05) is 0 Å². The van der Waals surface area contributed by atoms with Gasteiger partial charge in [0.1, 0.15) is 0 Å². The lowest BCUT2D eigenvalue weighted by atomic mass is 10.0. The fraction of sp³-hybridized carbons (Fsp3) is 0.300. The highest BCUT2D eigenvalue weighted by Gasteiger charge is 2.43. The highest BCUT2D eigenvalue weighted by Crippen LogP contribution is 2.40. The molecule has 0 radical (unpaired) electrons. The third kappa shape index (κ3) is 3.36. The van der Waals surface area contributed by atoms with Crippen LogP contribution in [-0.2, 0) is 12.4 Å². The molecule has 0 aromatic heterocycles. The summed E-state index contributed by atoms with van der Waals surface area (Å²) in [6.45, 7) is 0. The molecular formula is C10H5F6IO. The first-order valence-corrected chi connectivity index (χ1v) is 5.97. The molecule has 1 aromatic carbocycles. The Bertz CT molecular complexity index is 462. The predicted octanol–water partition coefficient (Wildman–Crippen LogP) is 4.34. The van der Waals surface area contributed by atoms with E-state index in [-0.39, 0.29) is 22.1 Å². The molecule has 1 rings (SSSR count). The van der Waals surface area contributed by atoms with Crippen LogP contribution in [0.3, 0.4) is 0 Å². The zero-order chi connectivity index (χ0) is 14.1. The van der Waals surface area contributed by atoms with Gasteiger partial charge in [0.05, 0.1) is 15.6 Å².